The first kappa shape index (κ1) is 16.1. The van der Waals surface area contributed by atoms with Crippen LogP contribution in [-0.4, -0.2) is 43.2 Å². The molecule has 2 fully saturated rings. The summed E-state index contributed by atoms with van der Waals surface area (Å²) in [5.74, 6) is 0.0755. The van der Waals surface area contributed by atoms with Gasteiger partial charge >= 0.3 is 0 Å². The zero-order chi connectivity index (χ0) is 16.6. The maximum Gasteiger partial charge on any atom is 0.217 e. The van der Waals surface area contributed by atoms with E-state index in [0.29, 0.717) is 6.04 Å². The van der Waals surface area contributed by atoms with Crippen LogP contribution < -0.4 is 5.32 Å². The highest BCUT2D eigenvalue weighted by Gasteiger charge is 2.46. The second kappa shape index (κ2) is 6.49. The van der Waals surface area contributed by atoms with Crippen molar-refractivity contribution in [3.63, 3.8) is 0 Å². The van der Waals surface area contributed by atoms with E-state index in [0.717, 1.165) is 19.6 Å². The van der Waals surface area contributed by atoms with Gasteiger partial charge in [-0.2, -0.15) is 0 Å². The fourth-order valence-electron chi connectivity index (χ4n) is 5.11. The number of carbonyl (C=O) groups is 1. The van der Waals surface area contributed by atoms with Crippen LogP contribution in [0.1, 0.15) is 57.6 Å². The van der Waals surface area contributed by atoms with E-state index < -0.39 is 0 Å². The van der Waals surface area contributed by atoms with Crippen molar-refractivity contribution in [2.75, 3.05) is 26.3 Å². The summed E-state index contributed by atoms with van der Waals surface area (Å²) in [6, 6.07) is 9.65. The van der Waals surface area contributed by atoms with Crippen molar-refractivity contribution >= 4 is 5.91 Å². The molecular weight excluding hydrogens is 300 g/mol. The van der Waals surface area contributed by atoms with Crippen molar-refractivity contribution in [3.05, 3.63) is 35.4 Å². The fraction of sp³-hybridized carbons (Fsp3) is 0.650. The Balaban J connectivity index is 0.00000182. The number of hydrogen-bond acceptors (Lipinski definition) is 3. The monoisotopic (exact) mass is 330 g/mol. The molecule has 0 radical (unpaired) electrons. The Bertz CT molecular complexity index is 607. The Labute approximate surface area is 146 Å². The number of nitrogens with zero attached hydrogens (tertiary/aromatic N) is 1. The standard InChI is InChI=1S/C20H28N2O2.H2/c1-15(23)21-19-14-20(18-5-3-2-4-17(18)19)8-10-22(11-9-20)16-6-12-24-13-7-16;/h2-5,16,19H,6-14H2,1H3,(H,21,23);1H/t19-;/m0./s1. The number of fused-ring (bicyclic) bond motifs is 2. The Morgan fingerprint density at radius 1 is 1.25 bits per heavy atom. The number of amides is 1. The molecule has 2 saturated heterocycles. The van der Waals surface area contributed by atoms with Gasteiger partial charge in [-0.25, -0.2) is 0 Å². The van der Waals surface area contributed by atoms with Crippen molar-refractivity contribution in [2.45, 2.75) is 56.5 Å². The fourth-order valence-corrected chi connectivity index (χ4v) is 5.11. The molecule has 1 aliphatic carbocycles. The topological polar surface area (TPSA) is 41.6 Å². The molecule has 0 bridgehead atoms. The largest absolute Gasteiger partial charge is 0.381 e. The van der Waals surface area contributed by atoms with Crippen molar-refractivity contribution in [3.8, 4) is 0 Å². The summed E-state index contributed by atoms with van der Waals surface area (Å²) in [7, 11) is 0. The van der Waals surface area contributed by atoms with E-state index in [2.05, 4.69) is 34.5 Å². The van der Waals surface area contributed by atoms with Gasteiger partial charge in [0.1, 0.15) is 0 Å². The Morgan fingerprint density at radius 2 is 1.96 bits per heavy atom. The van der Waals surface area contributed by atoms with Crippen molar-refractivity contribution in [2.24, 2.45) is 0 Å². The van der Waals surface area contributed by atoms with Gasteiger partial charge in [0.05, 0.1) is 6.04 Å². The van der Waals surface area contributed by atoms with Gasteiger partial charge in [-0.15, -0.1) is 0 Å². The zero-order valence-corrected chi connectivity index (χ0v) is 14.6. The predicted molar refractivity (Wildman–Crippen MR) is 96.1 cm³/mol. The summed E-state index contributed by atoms with van der Waals surface area (Å²) < 4.78 is 5.51. The first-order chi connectivity index (χ1) is 11.7. The first-order valence-corrected chi connectivity index (χ1v) is 9.36. The van der Waals surface area contributed by atoms with Gasteiger partial charge in [0.15, 0.2) is 0 Å². The Kier molecular flexibility index (Phi) is 4.35. The number of carbonyl (C=O) groups excluding carboxylic acids is 1. The maximum atomic E-state index is 11.6. The minimum absolute atomic E-state index is 0. The highest BCUT2D eigenvalue weighted by molar-refractivity contribution is 5.73. The van der Waals surface area contributed by atoms with E-state index in [1.807, 2.05) is 0 Å². The molecule has 4 heteroatoms. The molecule has 1 N–H and O–H groups in total. The molecule has 4 rings (SSSR count). The number of nitrogens with one attached hydrogen (secondary N) is 1. The molecule has 1 aromatic rings. The summed E-state index contributed by atoms with van der Waals surface area (Å²) in [5, 5.41) is 3.18. The lowest BCUT2D eigenvalue weighted by Gasteiger charge is -2.44. The van der Waals surface area contributed by atoms with Crippen molar-refractivity contribution in [1.29, 1.82) is 0 Å². The van der Waals surface area contributed by atoms with Gasteiger partial charge in [0.25, 0.3) is 0 Å². The van der Waals surface area contributed by atoms with Crippen LogP contribution in [0.25, 0.3) is 0 Å². The Morgan fingerprint density at radius 3 is 2.67 bits per heavy atom. The van der Waals surface area contributed by atoms with Crippen LogP contribution in [0.15, 0.2) is 24.3 Å². The van der Waals surface area contributed by atoms with Crippen LogP contribution in [0, 0.1) is 0 Å². The third-order valence-corrected chi connectivity index (χ3v) is 6.34. The SMILES string of the molecule is CC(=O)N[C@H]1CC2(CCN(C3CCOCC3)CC2)c2ccccc21.[HH]. The smallest absolute Gasteiger partial charge is 0.217 e. The number of rotatable bonds is 2. The van der Waals surface area contributed by atoms with Crippen LogP contribution in [0.5, 0.6) is 0 Å². The van der Waals surface area contributed by atoms with Gasteiger partial charge in [-0.05, 0) is 56.3 Å². The molecule has 1 amide bonds. The first-order valence-electron chi connectivity index (χ1n) is 9.36. The maximum absolute atomic E-state index is 11.6. The molecule has 1 aromatic carbocycles. The van der Waals surface area contributed by atoms with Crippen LogP contribution in [0.2, 0.25) is 0 Å². The minimum Gasteiger partial charge on any atom is -0.381 e. The van der Waals surface area contributed by atoms with Gasteiger partial charge in [-0.1, -0.05) is 24.3 Å². The predicted octanol–water partition coefficient (Wildman–Crippen LogP) is 3.03. The molecule has 132 valence electrons. The van der Waals surface area contributed by atoms with Gasteiger partial charge in [0.2, 0.25) is 5.91 Å². The number of piperidine rings is 1. The molecule has 1 atom stereocenters. The molecule has 2 heterocycles. The van der Waals surface area contributed by atoms with E-state index in [1.54, 1.807) is 6.92 Å². The summed E-state index contributed by atoms with van der Waals surface area (Å²) in [4.78, 5) is 14.3. The molecule has 4 nitrogen and oxygen atoms in total. The van der Waals surface area contributed by atoms with Crippen molar-refractivity contribution in [1.82, 2.24) is 10.2 Å². The van der Waals surface area contributed by atoms with E-state index in [4.69, 9.17) is 4.74 Å². The lowest BCUT2D eigenvalue weighted by atomic mass is 9.73. The number of hydrogen-bond donors (Lipinski definition) is 1. The quantitative estimate of drug-likeness (QED) is 0.906. The third kappa shape index (κ3) is 2.86. The molecule has 0 unspecified atom stereocenters. The molecule has 1 spiro atoms. The molecule has 2 aliphatic heterocycles. The van der Waals surface area contributed by atoms with Crippen LogP contribution in [0.4, 0.5) is 0 Å². The van der Waals surface area contributed by atoms with Gasteiger partial charge in [-0.3, -0.25) is 4.79 Å². The lowest BCUT2D eigenvalue weighted by Crippen LogP contribution is -2.48. The van der Waals surface area contributed by atoms with Crippen LogP contribution in [0.3, 0.4) is 0 Å². The highest BCUT2D eigenvalue weighted by atomic mass is 16.5. The second-order valence-electron chi connectivity index (χ2n) is 7.70. The average molecular weight is 330 g/mol. The van der Waals surface area contributed by atoms with Gasteiger partial charge < -0.3 is 15.0 Å². The van der Waals surface area contributed by atoms with Gasteiger partial charge in [0, 0.05) is 33.0 Å². The minimum atomic E-state index is 0. The lowest BCUT2D eigenvalue weighted by molar-refractivity contribution is -0.119. The third-order valence-electron chi connectivity index (χ3n) is 6.34. The zero-order valence-electron chi connectivity index (χ0n) is 14.6. The summed E-state index contributed by atoms with van der Waals surface area (Å²) in [6.45, 7) is 5.80. The van der Waals surface area contributed by atoms with E-state index >= 15 is 0 Å². The normalized spacial score (nSPS) is 27.1. The molecule has 0 saturated carbocycles. The number of benzene rings is 1. The highest BCUT2D eigenvalue weighted by Crippen LogP contribution is 2.51. The molecule has 0 aromatic heterocycles. The Hall–Kier alpha value is -1.39. The molecule has 24 heavy (non-hydrogen) atoms. The summed E-state index contributed by atoms with van der Waals surface area (Å²) >= 11 is 0. The summed E-state index contributed by atoms with van der Waals surface area (Å²) in [5.41, 5.74) is 3.08. The van der Waals surface area contributed by atoms with E-state index in [9.17, 15) is 4.79 Å². The number of ether oxygens (including phenoxy) is 1. The average Bonchev–Trinajstić information content (AvgIpc) is 2.90. The van der Waals surface area contributed by atoms with Crippen LogP contribution in [-0.2, 0) is 14.9 Å². The number of likely N-dealkylation sites (tertiary alicyclic amines) is 1. The molecule has 3 aliphatic rings. The summed E-state index contributed by atoms with van der Waals surface area (Å²) in [6.07, 6.45) is 5.83. The molecular formula is C20H30N2O2. The van der Waals surface area contributed by atoms with Crippen molar-refractivity contribution < 1.29 is 11.0 Å². The van der Waals surface area contributed by atoms with Crippen LogP contribution >= 0.6 is 0 Å². The van der Waals surface area contributed by atoms with E-state index in [1.165, 1.54) is 49.9 Å². The second-order valence-corrected chi connectivity index (χ2v) is 7.70. The van der Waals surface area contributed by atoms with E-state index in [-0.39, 0.29) is 18.8 Å².